The van der Waals surface area contributed by atoms with Crippen LogP contribution in [-0.4, -0.2) is 11.1 Å². The summed E-state index contributed by atoms with van der Waals surface area (Å²) >= 11 is 5.83. The first-order valence-electron chi connectivity index (χ1n) is 5.18. The average Bonchev–Trinajstić information content (AvgIpc) is 2.30. The number of hydrogen-bond acceptors (Lipinski definition) is 1. The van der Waals surface area contributed by atoms with E-state index >= 15 is 0 Å². The molecule has 2 nitrogen and oxygen atoms in total. The summed E-state index contributed by atoms with van der Waals surface area (Å²) in [6, 6.07) is 12.6. The van der Waals surface area contributed by atoms with E-state index in [2.05, 4.69) is 0 Å². The fraction of sp³-hybridized carbons (Fsp3) is 0.0714. The molecule has 0 unspecified atom stereocenters. The van der Waals surface area contributed by atoms with E-state index in [-0.39, 0.29) is 0 Å². The van der Waals surface area contributed by atoms with Gasteiger partial charge in [-0.3, -0.25) is 0 Å². The van der Waals surface area contributed by atoms with E-state index in [9.17, 15) is 4.79 Å². The molecule has 2 rings (SSSR count). The molecule has 0 aromatic heterocycles. The number of aromatic carboxylic acids is 1. The highest BCUT2D eigenvalue weighted by molar-refractivity contribution is 6.30. The molecule has 0 spiro atoms. The van der Waals surface area contributed by atoms with Crippen LogP contribution in [0.3, 0.4) is 0 Å². The lowest BCUT2D eigenvalue weighted by atomic mass is 9.96. The van der Waals surface area contributed by atoms with Gasteiger partial charge in [-0.05, 0) is 41.8 Å². The third-order valence-corrected chi connectivity index (χ3v) is 2.97. The summed E-state index contributed by atoms with van der Waals surface area (Å²) in [5, 5.41) is 9.73. The molecular formula is C14H11ClO2. The zero-order valence-corrected chi connectivity index (χ0v) is 10.0. The van der Waals surface area contributed by atoms with Crippen molar-refractivity contribution in [1.29, 1.82) is 0 Å². The predicted octanol–water partition coefficient (Wildman–Crippen LogP) is 4.01. The molecule has 17 heavy (non-hydrogen) atoms. The van der Waals surface area contributed by atoms with Crippen LogP contribution in [0.2, 0.25) is 5.02 Å². The van der Waals surface area contributed by atoms with Gasteiger partial charge in [0.15, 0.2) is 0 Å². The number of carboxylic acids is 1. The van der Waals surface area contributed by atoms with Gasteiger partial charge in [-0.2, -0.15) is 0 Å². The Balaban J connectivity index is 2.56. The quantitative estimate of drug-likeness (QED) is 0.869. The first-order valence-corrected chi connectivity index (χ1v) is 5.56. The molecule has 0 heterocycles. The van der Waals surface area contributed by atoms with Crippen LogP contribution < -0.4 is 0 Å². The van der Waals surface area contributed by atoms with Crippen LogP contribution in [0.1, 0.15) is 15.9 Å². The lowest BCUT2D eigenvalue weighted by Crippen LogP contribution is -2.00. The van der Waals surface area contributed by atoms with E-state index in [1.807, 2.05) is 25.1 Å². The van der Waals surface area contributed by atoms with Gasteiger partial charge in [-0.1, -0.05) is 35.9 Å². The van der Waals surface area contributed by atoms with E-state index in [1.54, 1.807) is 24.3 Å². The maximum atomic E-state index is 11.0. The second kappa shape index (κ2) is 4.60. The number of carboxylic acid groups (broad SMARTS) is 1. The molecule has 0 amide bonds. The second-order valence-corrected chi connectivity index (χ2v) is 4.23. The number of carbonyl (C=O) groups is 1. The normalized spacial score (nSPS) is 10.2. The first kappa shape index (κ1) is 11.7. The Hall–Kier alpha value is -1.80. The maximum Gasteiger partial charge on any atom is 0.335 e. The van der Waals surface area contributed by atoms with Gasteiger partial charge in [-0.25, -0.2) is 4.79 Å². The summed E-state index contributed by atoms with van der Waals surface area (Å²) in [6.45, 7) is 1.81. The van der Waals surface area contributed by atoms with Crippen LogP contribution in [0.25, 0.3) is 11.1 Å². The van der Waals surface area contributed by atoms with Crippen molar-refractivity contribution in [3.63, 3.8) is 0 Å². The SMILES string of the molecule is Cc1c(C(=O)O)cccc1-c1ccc(Cl)cc1. The van der Waals surface area contributed by atoms with Gasteiger partial charge in [-0.15, -0.1) is 0 Å². The molecule has 3 heteroatoms. The van der Waals surface area contributed by atoms with Gasteiger partial charge in [0.25, 0.3) is 0 Å². The van der Waals surface area contributed by atoms with Gasteiger partial charge >= 0.3 is 5.97 Å². The summed E-state index contributed by atoms with van der Waals surface area (Å²) in [6.07, 6.45) is 0. The minimum Gasteiger partial charge on any atom is -0.478 e. The van der Waals surface area contributed by atoms with E-state index in [4.69, 9.17) is 16.7 Å². The highest BCUT2D eigenvalue weighted by Crippen LogP contribution is 2.26. The molecule has 0 saturated heterocycles. The monoisotopic (exact) mass is 246 g/mol. The zero-order chi connectivity index (χ0) is 12.4. The summed E-state index contributed by atoms with van der Waals surface area (Å²) < 4.78 is 0. The maximum absolute atomic E-state index is 11.0. The minimum atomic E-state index is -0.904. The van der Waals surface area contributed by atoms with E-state index in [0.717, 1.165) is 16.7 Å². The minimum absolute atomic E-state index is 0.331. The molecule has 2 aromatic rings. The Morgan fingerprint density at radius 2 is 1.76 bits per heavy atom. The molecular weight excluding hydrogens is 236 g/mol. The van der Waals surface area contributed by atoms with Crippen molar-refractivity contribution in [2.24, 2.45) is 0 Å². The summed E-state index contributed by atoms with van der Waals surface area (Å²) in [4.78, 5) is 11.0. The highest BCUT2D eigenvalue weighted by Gasteiger charge is 2.10. The fourth-order valence-electron chi connectivity index (χ4n) is 1.81. The van der Waals surface area contributed by atoms with Gasteiger partial charge in [0.1, 0.15) is 0 Å². The molecule has 2 aromatic carbocycles. The smallest absolute Gasteiger partial charge is 0.335 e. The van der Waals surface area contributed by atoms with Gasteiger partial charge in [0.2, 0.25) is 0 Å². The lowest BCUT2D eigenvalue weighted by molar-refractivity contribution is 0.0696. The topological polar surface area (TPSA) is 37.3 Å². The first-order chi connectivity index (χ1) is 8.09. The molecule has 0 aliphatic carbocycles. The van der Waals surface area contributed by atoms with Crippen LogP contribution in [0.5, 0.6) is 0 Å². The Morgan fingerprint density at radius 1 is 1.12 bits per heavy atom. The molecule has 0 saturated carbocycles. The highest BCUT2D eigenvalue weighted by atomic mass is 35.5. The molecule has 0 aliphatic heterocycles. The second-order valence-electron chi connectivity index (χ2n) is 3.79. The Bertz CT molecular complexity index is 559. The standard InChI is InChI=1S/C14H11ClO2/c1-9-12(3-2-4-13(9)14(16)17)10-5-7-11(15)8-6-10/h2-8H,1H3,(H,16,17). The molecule has 0 atom stereocenters. The number of halogens is 1. The number of rotatable bonds is 2. The fourth-order valence-corrected chi connectivity index (χ4v) is 1.94. The summed E-state index contributed by atoms with van der Waals surface area (Å²) in [5.74, 6) is -0.904. The van der Waals surface area contributed by atoms with Crippen LogP contribution in [0, 0.1) is 6.92 Å². The Kier molecular flexibility index (Phi) is 3.16. The number of hydrogen-bond donors (Lipinski definition) is 1. The van der Waals surface area contributed by atoms with Gasteiger partial charge < -0.3 is 5.11 Å². The van der Waals surface area contributed by atoms with Gasteiger partial charge in [0, 0.05) is 5.02 Å². The van der Waals surface area contributed by atoms with Crippen LogP contribution >= 0.6 is 11.6 Å². The van der Waals surface area contributed by atoms with Crippen molar-refractivity contribution in [2.75, 3.05) is 0 Å². The van der Waals surface area contributed by atoms with E-state index < -0.39 is 5.97 Å². The average molecular weight is 247 g/mol. The Morgan fingerprint density at radius 3 is 2.35 bits per heavy atom. The van der Waals surface area contributed by atoms with Crippen molar-refractivity contribution in [1.82, 2.24) is 0 Å². The van der Waals surface area contributed by atoms with E-state index in [0.29, 0.717) is 10.6 Å². The lowest BCUT2D eigenvalue weighted by Gasteiger charge is -2.08. The third kappa shape index (κ3) is 2.32. The zero-order valence-electron chi connectivity index (χ0n) is 9.27. The third-order valence-electron chi connectivity index (χ3n) is 2.72. The molecule has 1 N–H and O–H groups in total. The number of benzene rings is 2. The van der Waals surface area contributed by atoms with Crippen molar-refractivity contribution < 1.29 is 9.90 Å². The van der Waals surface area contributed by atoms with Gasteiger partial charge in [0.05, 0.1) is 5.56 Å². The van der Waals surface area contributed by atoms with Crippen molar-refractivity contribution in [3.05, 3.63) is 58.6 Å². The predicted molar refractivity (Wildman–Crippen MR) is 68.6 cm³/mol. The molecule has 86 valence electrons. The Labute approximate surface area is 104 Å². The summed E-state index contributed by atoms with van der Waals surface area (Å²) in [5.41, 5.74) is 2.98. The summed E-state index contributed by atoms with van der Waals surface area (Å²) in [7, 11) is 0. The van der Waals surface area contributed by atoms with Crippen LogP contribution in [-0.2, 0) is 0 Å². The van der Waals surface area contributed by atoms with Crippen molar-refractivity contribution in [2.45, 2.75) is 6.92 Å². The van der Waals surface area contributed by atoms with Crippen molar-refractivity contribution in [3.8, 4) is 11.1 Å². The van der Waals surface area contributed by atoms with Crippen LogP contribution in [0.15, 0.2) is 42.5 Å². The molecule has 0 bridgehead atoms. The molecule has 0 fully saturated rings. The van der Waals surface area contributed by atoms with Crippen molar-refractivity contribution >= 4 is 17.6 Å². The largest absolute Gasteiger partial charge is 0.478 e. The van der Waals surface area contributed by atoms with Crippen LogP contribution in [0.4, 0.5) is 0 Å². The van der Waals surface area contributed by atoms with E-state index in [1.165, 1.54) is 0 Å². The molecule has 0 radical (unpaired) electrons. The molecule has 0 aliphatic rings.